The molecule has 5 rings (SSSR count). The van der Waals surface area contributed by atoms with Gasteiger partial charge in [-0.25, -0.2) is 9.67 Å². The predicted molar refractivity (Wildman–Crippen MR) is 111 cm³/mol. The Labute approximate surface area is 169 Å². The zero-order valence-electron chi connectivity index (χ0n) is 17.0. The number of aromatic nitrogens is 4. The van der Waals surface area contributed by atoms with Crippen molar-refractivity contribution in [1.29, 1.82) is 0 Å². The van der Waals surface area contributed by atoms with Crippen molar-refractivity contribution < 1.29 is 4.74 Å². The van der Waals surface area contributed by atoms with Crippen LogP contribution in [0.25, 0.3) is 11.0 Å². The molecule has 1 aliphatic heterocycles. The Kier molecular flexibility index (Phi) is 4.62. The molecule has 0 saturated heterocycles. The molecule has 2 aromatic heterocycles. The van der Waals surface area contributed by atoms with E-state index in [1.165, 1.54) is 18.4 Å². The molecule has 0 bridgehead atoms. The molecule has 2 aliphatic rings. The first-order valence-corrected chi connectivity index (χ1v) is 10.5. The van der Waals surface area contributed by atoms with Crippen LogP contribution in [0.4, 0.5) is 0 Å². The fourth-order valence-electron chi connectivity index (χ4n) is 4.74. The monoisotopic (exact) mass is 393 g/mol. The average Bonchev–Trinajstić information content (AvgIpc) is 3.43. The van der Waals surface area contributed by atoms with Crippen molar-refractivity contribution >= 4 is 11.0 Å². The minimum atomic E-state index is 0.0472. The molecule has 3 heterocycles. The summed E-state index contributed by atoms with van der Waals surface area (Å²) in [5.41, 5.74) is 2.04. The number of benzene rings is 1. The first-order valence-electron chi connectivity index (χ1n) is 10.5. The minimum absolute atomic E-state index is 0.0472. The number of fused-ring (bicyclic) bond motifs is 2. The molecule has 0 spiro atoms. The molecule has 0 N–H and O–H groups in total. The van der Waals surface area contributed by atoms with Crippen molar-refractivity contribution in [3.63, 3.8) is 0 Å². The van der Waals surface area contributed by atoms with E-state index in [1.54, 1.807) is 13.3 Å². The van der Waals surface area contributed by atoms with E-state index in [9.17, 15) is 4.79 Å². The molecule has 1 saturated carbocycles. The summed E-state index contributed by atoms with van der Waals surface area (Å²) in [4.78, 5) is 20.4. The lowest BCUT2D eigenvalue weighted by molar-refractivity contribution is 0.160. The van der Waals surface area contributed by atoms with Gasteiger partial charge >= 0.3 is 0 Å². The maximum absolute atomic E-state index is 13.1. The van der Waals surface area contributed by atoms with Crippen LogP contribution >= 0.6 is 0 Å². The van der Waals surface area contributed by atoms with Crippen LogP contribution in [0.1, 0.15) is 56.1 Å². The van der Waals surface area contributed by atoms with E-state index >= 15 is 0 Å². The lowest BCUT2D eigenvalue weighted by Gasteiger charge is -2.34. The Balaban J connectivity index is 1.47. The van der Waals surface area contributed by atoms with Gasteiger partial charge in [0, 0.05) is 19.1 Å². The SMILES string of the molecule is COc1ccc(C(C)N2CCn3c(nc4c(cnn4C4CCCC4)c3=O)C2)cc1. The summed E-state index contributed by atoms with van der Waals surface area (Å²) in [7, 11) is 1.68. The van der Waals surface area contributed by atoms with Gasteiger partial charge in [-0.15, -0.1) is 0 Å². The fourth-order valence-corrected chi connectivity index (χ4v) is 4.74. The van der Waals surface area contributed by atoms with Gasteiger partial charge in [0.05, 0.1) is 25.9 Å². The molecule has 3 aromatic rings. The standard InChI is InChI=1S/C22H27N5O2/c1-15(16-7-9-18(29-2)10-8-16)25-11-12-26-20(14-25)24-21-19(22(26)28)13-23-27(21)17-5-3-4-6-17/h7-10,13,15,17H,3-6,11-12,14H2,1-2H3. The first kappa shape index (κ1) is 18.4. The van der Waals surface area contributed by atoms with Crippen LogP contribution in [0.2, 0.25) is 0 Å². The van der Waals surface area contributed by atoms with Crippen molar-refractivity contribution in [2.75, 3.05) is 13.7 Å². The van der Waals surface area contributed by atoms with Crippen molar-refractivity contribution in [1.82, 2.24) is 24.2 Å². The number of nitrogens with zero attached hydrogens (tertiary/aromatic N) is 5. The Morgan fingerprint density at radius 1 is 1.14 bits per heavy atom. The van der Waals surface area contributed by atoms with E-state index in [0.717, 1.165) is 36.6 Å². The van der Waals surface area contributed by atoms with Gasteiger partial charge in [0.2, 0.25) is 0 Å². The lowest BCUT2D eigenvalue weighted by atomic mass is 10.1. The summed E-state index contributed by atoms with van der Waals surface area (Å²) in [6.45, 7) is 4.35. The molecule has 1 aliphatic carbocycles. The van der Waals surface area contributed by atoms with Crippen LogP contribution < -0.4 is 10.3 Å². The zero-order valence-corrected chi connectivity index (χ0v) is 17.0. The highest BCUT2D eigenvalue weighted by Crippen LogP contribution is 2.31. The van der Waals surface area contributed by atoms with Crippen molar-refractivity contribution in [2.24, 2.45) is 0 Å². The predicted octanol–water partition coefficient (Wildman–Crippen LogP) is 3.29. The van der Waals surface area contributed by atoms with Gasteiger partial charge < -0.3 is 4.74 Å². The number of rotatable bonds is 4. The smallest absolute Gasteiger partial charge is 0.264 e. The van der Waals surface area contributed by atoms with Gasteiger partial charge in [-0.3, -0.25) is 14.3 Å². The molecule has 7 heteroatoms. The van der Waals surface area contributed by atoms with E-state index in [-0.39, 0.29) is 11.6 Å². The molecule has 0 radical (unpaired) electrons. The highest BCUT2D eigenvalue weighted by Gasteiger charge is 2.27. The van der Waals surface area contributed by atoms with Crippen molar-refractivity contribution in [3.8, 4) is 5.75 Å². The summed E-state index contributed by atoms with van der Waals surface area (Å²) in [6.07, 6.45) is 6.41. The maximum atomic E-state index is 13.1. The third-order valence-electron chi connectivity index (χ3n) is 6.56. The summed E-state index contributed by atoms with van der Waals surface area (Å²) in [5.74, 6) is 1.70. The second kappa shape index (κ2) is 7.30. The van der Waals surface area contributed by atoms with Gasteiger partial charge in [0.15, 0.2) is 5.65 Å². The largest absolute Gasteiger partial charge is 0.497 e. The lowest BCUT2D eigenvalue weighted by Crippen LogP contribution is -2.41. The molecule has 29 heavy (non-hydrogen) atoms. The van der Waals surface area contributed by atoms with Gasteiger partial charge in [-0.05, 0) is 37.5 Å². The molecule has 1 unspecified atom stereocenters. The number of hydrogen-bond donors (Lipinski definition) is 0. The normalized spacial score (nSPS) is 18.8. The third kappa shape index (κ3) is 3.13. The molecular weight excluding hydrogens is 366 g/mol. The molecular formula is C22H27N5O2. The summed E-state index contributed by atoms with van der Waals surface area (Å²) >= 11 is 0. The van der Waals surface area contributed by atoms with Crippen LogP contribution in [0.3, 0.4) is 0 Å². The first-order chi connectivity index (χ1) is 14.2. The second-order valence-electron chi connectivity index (χ2n) is 8.17. The summed E-state index contributed by atoms with van der Waals surface area (Å²) in [6, 6.07) is 8.82. The van der Waals surface area contributed by atoms with Crippen LogP contribution in [0.15, 0.2) is 35.3 Å². The molecule has 1 atom stereocenters. The molecule has 1 fully saturated rings. The summed E-state index contributed by atoms with van der Waals surface area (Å²) < 4.78 is 9.10. The van der Waals surface area contributed by atoms with Crippen molar-refractivity contribution in [3.05, 3.63) is 52.2 Å². The van der Waals surface area contributed by atoms with Gasteiger partial charge in [-0.2, -0.15) is 5.10 Å². The second-order valence-corrected chi connectivity index (χ2v) is 8.17. The maximum Gasteiger partial charge on any atom is 0.264 e. The molecule has 1 aromatic carbocycles. The Bertz CT molecular complexity index is 1080. The van der Waals surface area contributed by atoms with Gasteiger partial charge in [0.1, 0.15) is 17.0 Å². The van der Waals surface area contributed by atoms with Crippen LogP contribution in [0, 0.1) is 0 Å². The highest BCUT2D eigenvalue weighted by molar-refractivity contribution is 5.73. The summed E-state index contributed by atoms with van der Waals surface area (Å²) in [5, 5.41) is 5.19. The van der Waals surface area contributed by atoms with Crippen LogP contribution in [0.5, 0.6) is 5.75 Å². The van der Waals surface area contributed by atoms with Crippen molar-refractivity contribution in [2.45, 2.75) is 57.8 Å². The molecule has 152 valence electrons. The number of ether oxygens (including phenoxy) is 1. The van der Waals surface area contributed by atoms with E-state index in [2.05, 4.69) is 29.1 Å². The quantitative estimate of drug-likeness (QED) is 0.681. The Hall–Kier alpha value is -2.67. The number of hydrogen-bond acceptors (Lipinski definition) is 5. The zero-order chi connectivity index (χ0) is 20.0. The Morgan fingerprint density at radius 3 is 2.62 bits per heavy atom. The average molecular weight is 393 g/mol. The van der Waals surface area contributed by atoms with E-state index < -0.39 is 0 Å². The topological polar surface area (TPSA) is 65.2 Å². The fraction of sp³-hybridized carbons (Fsp3) is 0.500. The highest BCUT2D eigenvalue weighted by atomic mass is 16.5. The van der Waals surface area contributed by atoms with Crippen LogP contribution in [-0.2, 0) is 13.1 Å². The third-order valence-corrected chi connectivity index (χ3v) is 6.56. The van der Waals surface area contributed by atoms with E-state index in [1.807, 2.05) is 21.4 Å². The number of methoxy groups -OCH3 is 1. The van der Waals surface area contributed by atoms with Crippen LogP contribution in [-0.4, -0.2) is 37.9 Å². The van der Waals surface area contributed by atoms with Gasteiger partial charge in [0.25, 0.3) is 5.56 Å². The van der Waals surface area contributed by atoms with E-state index in [4.69, 9.17) is 9.72 Å². The minimum Gasteiger partial charge on any atom is -0.497 e. The molecule has 0 amide bonds. The molecule has 7 nitrogen and oxygen atoms in total. The van der Waals surface area contributed by atoms with E-state index in [0.29, 0.717) is 24.5 Å². The van der Waals surface area contributed by atoms with Gasteiger partial charge in [-0.1, -0.05) is 25.0 Å². The Morgan fingerprint density at radius 2 is 1.90 bits per heavy atom.